The largest absolute Gasteiger partial charge is 0.381 e. The van der Waals surface area contributed by atoms with Crippen molar-refractivity contribution in [1.29, 1.82) is 0 Å². The molecule has 0 rings (SSSR count). The molecule has 2 nitrogen and oxygen atoms in total. The molecule has 0 aromatic heterocycles. The topological polar surface area (TPSA) is 18.5 Å². The van der Waals surface area contributed by atoms with Crippen LogP contribution >= 0.6 is 0 Å². The van der Waals surface area contributed by atoms with E-state index in [1.54, 1.807) is 7.11 Å². The number of ether oxygens (including phenoxy) is 2. The third-order valence-corrected chi connectivity index (χ3v) is 0.644. The zero-order valence-corrected chi connectivity index (χ0v) is 5.09. The summed E-state index contributed by atoms with van der Waals surface area (Å²) in [7, 11) is 4.84. The molecule has 0 aliphatic rings. The Hall–Kier alpha value is -0.340. The van der Waals surface area contributed by atoms with Crippen molar-refractivity contribution in [2.24, 2.45) is 0 Å². The molecule has 47 valence electrons. The summed E-state index contributed by atoms with van der Waals surface area (Å²) in [6.45, 7) is 1.20. The first-order valence-corrected chi connectivity index (χ1v) is 2.42. The van der Waals surface area contributed by atoms with E-state index in [2.05, 4.69) is 11.8 Å². The van der Waals surface area contributed by atoms with Gasteiger partial charge in [0.1, 0.15) is 0 Å². The van der Waals surface area contributed by atoms with Gasteiger partial charge in [-0.2, -0.15) is 0 Å². The van der Waals surface area contributed by atoms with Crippen LogP contribution in [-0.4, -0.2) is 20.3 Å². The summed E-state index contributed by atoms with van der Waals surface area (Å²) in [5.74, 6) is 0. The van der Waals surface area contributed by atoms with Crippen molar-refractivity contribution in [1.82, 2.24) is 0 Å². The molecular weight excluding hydrogens is 104 g/mol. The summed E-state index contributed by atoms with van der Waals surface area (Å²) in [4.78, 5) is 0. The third-order valence-electron chi connectivity index (χ3n) is 0.644. The van der Waals surface area contributed by atoms with Crippen LogP contribution in [0.5, 0.6) is 0 Å². The maximum absolute atomic E-state index is 4.73. The van der Waals surface area contributed by atoms with Crippen LogP contribution in [0.3, 0.4) is 0 Å². The van der Waals surface area contributed by atoms with Gasteiger partial charge >= 0.3 is 0 Å². The lowest BCUT2D eigenvalue weighted by Gasteiger charge is -1.87. The molecule has 0 bridgehead atoms. The Balaban J connectivity index is 2.83. The molecule has 0 aromatic carbocycles. The quantitative estimate of drug-likeness (QED) is 0.509. The summed E-state index contributed by atoms with van der Waals surface area (Å²) < 4.78 is 9.22. The Morgan fingerprint density at radius 1 is 1.38 bits per heavy atom. The SMILES string of the molecule is [CH2]OC/C=C/COC. The Morgan fingerprint density at radius 2 is 2.00 bits per heavy atom. The fourth-order valence-corrected chi connectivity index (χ4v) is 0.300. The second kappa shape index (κ2) is 6.66. The minimum Gasteiger partial charge on any atom is -0.381 e. The average Bonchev–Trinajstić information content (AvgIpc) is 1.81. The minimum absolute atomic E-state index is 0.559. The summed E-state index contributed by atoms with van der Waals surface area (Å²) in [5.41, 5.74) is 0. The van der Waals surface area contributed by atoms with Crippen LogP contribution in [-0.2, 0) is 9.47 Å². The molecule has 0 saturated heterocycles. The van der Waals surface area contributed by atoms with Crippen LogP contribution in [0.25, 0.3) is 0 Å². The molecule has 0 fully saturated rings. The van der Waals surface area contributed by atoms with E-state index in [1.807, 2.05) is 12.2 Å². The van der Waals surface area contributed by atoms with Crippen LogP contribution in [0.2, 0.25) is 0 Å². The van der Waals surface area contributed by atoms with Gasteiger partial charge in [-0.3, -0.25) is 0 Å². The molecule has 8 heavy (non-hydrogen) atoms. The van der Waals surface area contributed by atoms with Gasteiger partial charge in [0.15, 0.2) is 0 Å². The maximum Gasteiger partial charge on any atom is 0.0704 e. The van der Waals surface area contributed by atoms with Crippen molar-refractivity contribution in [3.63, 3.8) is 0 Å². The van der Waals surface area contributed by atoms with Crippen LogP contribution in [0.1, 0.15) is 0 Å². The summed E-state index contributed by atoms with van der Waals surface area (Å²) >= 11 is 0. The second-order valence-electron chi connectivity index (χ2n) is 1.30. The lowest BCUT2D eigenvalue weighted by atomic mass is 10.5. The van der Waals surface area contributed by atoms with Gasteiger partial charge in [0.25, 0.3) is 0 Å². The van der Waals surface area contributed by atoms with E-state index in [0.29, 0.717) is 13.2 Å². The molecule has 0 heterocycles. The summed E-state index contributed by atoms with van der Waals surface area (Å²) in [5, 5.41) is 0. The minimum atomic E-state index is 0.559. The molecule has 0 unspecified atom stereocenters. The lowest BCUT2D eigenvalue weighted by molar-refractivity contribution is 0.231. The van der Waals surface area contributed by atoms with E-state index in [0.717, 1.165) is 0 Å². The van der Waals surface area contributed by atoms with Crippen molar-refractivity contribution in [2.45, 2.75) is 0 Å². The Morgan fingerprint density at radius 3 is 2.50 bits per heavy atom. The van der Waals surface area contributed by atoms with Crippen molar-refractivity contribution in [3.05, 3.63) is 19.3 Å². The van der Waals surface area contributed by atoms with Crippen LogP contribution < -0.4 is 0 Å². The molecule has 0 aliphatic carbocycles. The van der Waals surface area contributed by atoms with Crippen molar-refractivity contribution in [2.75, 3.05) is 20.3 Å². The monoisotopic (exact) mass is 115 g/mol. The zero-order chi connectivity index (χ0) is 6.24. The first-order valence-electron chi connectivity index (χ1n) is 2.42. The first kappa shape index (κ1) is 7.66. The highest BCUT2D eigenvalue weighted by molar-refractivity contribution is 4.80. The maximum atomic E-state index is 4.73. The van der Waals surface area contributed by atoms with E-state index in [-0.39, 0.29) is 0 Å². The smallest absolute Gasteiger partial charge is 0.0704 e. The van der Waals surface area contributed by atoms with Crippen LogP contribution in [0.15, 0.2) is 12.2 Å². The second-order valence-corrected chi connectivity index (χ2v) is 1.30. The fourth-order valence-electron chi connectivity index (χ4n) is 0.300. The summed E-state index contributed by atoms with van der Waals surface area (Å²) in [6.07, 6.45) is 3.74. The predicted octanol–water partition coefficient (Wildman–Crippen LogP) is 0.997. The molecule has 2 heteroatoms. The molecule has 0 amide bonds. The molecule has 1 radical (unpaired) electrons. The van der Waals surface area contributed by atoms with Gasteiger partial charge < -0.3 is 9.47 Å². The van der Waals surface area contributed by atoms with Gasteiger partial charge in [-0.1, -0.05) is 12.2 Å². The molecular formula is C6H11O2. The highest BCUT2D eigenvalue weighted by Crippen LogP contribution is 1.74. The average molecular weight is 115 g/mol. The highest BCUT2D eigenvalue weighted by Gasteiger charge is 1.70. The molecule has 0 atom stereocenters. The van der Waals surface area contributed by atoms with E-state index in [1.165, 1.54) is 0 Å². The lowest BCUT2D eigenvalue weighted by Crippen LogP contribution is -1.83. The number of hydrogen-bond acceptors (Lipinski definition) is 2. The van der Waals surface area contributed by atoms with Gasteiger partial charge in [0.2, 0.25) is 0 Å². The number of rotatable bonds is 4. The van der Waals surface area contributed by atoms with Crippen molar-refractivity contribution < 1.29 is 9.47 Å². The first-order chi connectivity index (χ1) is 3.91. The van der Waals surface area contributed by atoms with Crippen LogP contribution in [0, 0.1) is 7.11 Å². The van der Waals surface area contributed by atoms with E-state index in [9.17, 15) is 0 Å². The summed E-state index contributed by atoms with van der Waals surface area (Å²) in [6, 6.07) is 0. The standard InChI is InChI=1S/C6H11O2/c1-7-5-3-4-6-8-2/h3-4H,1,5-6H2,2H3/b4-3+. The normalized spacial score (nSPS) is 10.8. The Labute approximate surface area is 50.1 Å². The Kier molecular flexibility index (Phi) is 6.38. The zero-order valence-electron chi connectivity index (χ0n) is 5.09. The van der Waals surface area contributed by atoms with Gasteiger partial charge in [-0.25, -0.2) is 0 Å². The number of methoxy groups -OCH3 is 1. The van der Waals surface area contributed by atoms with Crippen molar-refractivity contribution in [3.8, 4) is 0 Å². The molecule has 0 aliphatic heterocycles. The third kappa shape index (κ3) is 5.66. The number of hydrogen-bond donors (Lipinski definition) is 0. The van der Waals surface area contributed by atoms with E-state index in [4.69, 9.17) is 4.74 Å². The van der Waals surface area contributed by atoms with Gasteiger partial charge in [-0.15, -0.1) is 0 Å². The highest BCUT2D eigenvalue weighted by atomic mass is 16.5. The van der Waals surface area contributed by atoms with Gasteiger partial charge in [0.05, 0.1) is 20.3 Å². The van der Waals surface area contributed by atoms with Gasteiger partial charge in [-0.05, 0) is 0 Å². The molecule has 0 aromatic rings. The fraction of sp³-hybridized carbons (Fsp3) is 0.500. The molecule has 0 saturated carbocycles. The van der Waals surface area contributed by atoms with Gasteiger partial charge in [0, 0.05) is 7.11 Å². The molecule has 0 spiro atoms. The van der Waals surface area contributed by atoms with E-state index < -0.39 is 0 Å². The van der Waals surface area contributed by atoms with Crippen molar-refractivity contribution >= 4 is 0 Å². The van der Waals surface area contributed by atoms with Crippen LogP contribution in [0.4, 0.5) is 0 Å². The van der Waals surface area contributed by atoms with E-state index >= 15 is 0 Å². The molecule has 0 N–H and O–H groups in total. The Bertz CT molecular complexity index is 51.5. The predicted molar refractivity (Wildman–Crippen MR) is 32.3 cm³/mol.